The highest BCUT2D eigenvalue weighted by Gasteiger charge is 2.18. The standard InChI is InChI=1S/C17H21BrClN3O4/c1-10-5-11(18)6-13(26-4)15(10)21-16-17(23)22(7-14(19)20-16)12(8-24-2)9-25-3/h5-7,12H,8-9H2,1-4H3,(H,20,21). The molecular formula is C17H21BrClN3O4. The smallest absolute Gasteiger partial charge is 0.294 e. The molecule has 0 aliphatic rings. The lowest BCUT2D eigenvalue weighted by Gasteiger charge is -2.20. The van der Waals surface area contributed by atoms with Gasteiger partial charge in [0, 0.05) is 24.9 Å². The van der Waals surface area contributed by atoms with Crippen LogP contribution in [0.5, 0.6) is 5.75 Å². The second kappa shape index (κ2) is 9.36. The van der Waals surface area contributed by atoms with E-state index >= 15 is 0 Å². The zero-order valence-electron chi connectivity index (χ0n) is 15.0. The van der Waals surface area contributed by atoms with E-state index in [4.69, 9.17) is 25.8 Å². The minimum absolute atomic E-state index is 0.0958. The monoisotopic (exact) mass is 445 g/mol. The Morgan fingerprint density at radius 1 is 1.27 bits per heavy atom. The molecule has 2 aromatic rings. The lowest BCUT2D eigenvalue weighted by molar-refractivity contribution is 0.0879. The molecule has 0 unspecified atom stereocenters. The van der Waals surface area contributed by atoms with Crippen molar-refractivity contribution >= 4 is 39.0 Å². The quantitative estimate of drug-likeness (QED) is 0.668. The first-order valence-electron chi connectivity index (χ1n) is 7.79. The summed E-state index contributed by atoms with van der Waals surface area (Å²) in [5.41, 5.74) is 1.19. The van der Waals surface area contributed by atoms with Crippen molar-refractivity contribution in [3.63, 3.8) is 0 Å². The highest BCUT2D eigenvalue weighted by molar-refractivity contribution is 9.10. The maximum absolute atomic E-state index is 12.9. The van der Waals surface area contributed by atoms with Crippen LogP contribution in [0.2, 0.25) is 5.15 Å². The van der Waals surface area contributed by atoms with Crippen LogP contribution in [-0.2, 0) is 9.47 Å². The normalized spacial score (nSPS) is 11.0. The number of benzene rings is 1. The van der Waals surface area contributed by atoms with Crippen molar-refractivity contribution < 1.29 is 14.2 Å². The Balaban J connectivity index is 2.50. The van der Waals surface area contributed by atoms with E-state index in [1.54, 1.807) is 27.4 Å². The second-order valence-corrected chi connectivity index (χ2v) is 6.92. The summed E-state index contributed by atoms with van der Waals surface area (Å²) in [6, 6.07) is 3.38. The number of rotatable bonds is 8. The summed E-state index contributed by atoms with van der Waals surface area (Å²) in [4.78, 5) is 17.1. The Bertz CT molecular complexity index is 822. The van der Waals surface area contributed by atoms with Gasteiger partial charge in [0.2, 0.25) is 0 Å². The first-order valence-corrected chi connectivity index (χ1v) is 8.96. The summed E-state index contributed by atoms with van der Waals surface area (Å²) >= 11 is 9.57. The third-order valence-corrected chi connectivity index (χ3v) is 4.38. The zero-order chi connectivity index (χ0) is 19.3. The number of hydrogen-bond donors (Lipinski definition) is 1. The fourth-order valence-electron chi connectivity index (χ4n) is 2.58. The lowest BCUT2D eigenvalue weighted by Crippen LogP contribution is -2.32. The van der Waals surface area contributed by atoms with E-state index in [-0.39, 0.29) is 22.6 Å². The molecule has 142 valence electrons. The van der Waals surface area contributed by atoms with Gasteiger partial charge in [-0.2, -0.15) is 0 Å². The SMILES string of the molecule is COCC(COC)n1cc(Cl)nc(Nc2c(C)cc(Br)cc2OC)c1=O. The Morgan fingerprint density at radius 2 is 1.92 bits per heavy atom. The number of hydrogen-bond acceptors (Lipinski definition) is 6. The number of methoxy groups -OCH3 is 3. The number of halogens is 2. The first-order chi connectivity index (χ1) is 12.4. The molecule has 0 bridgehead atoms. The van der Waals surface area contributed by atoms with Gasteiger partial charge in [-0.3, -0.25) is 4.79 Å². The molecule has 0 saturated heterocycles. The van der Waals surface area contributed by atoms with Crippen LogP contribution in [0, 0.1) is 6.92 Å². The van der Waals surface area contributed by atoms with Gasteiger partial charge < -0.3 is 24.1 Å². The number of anilines is 2. The van der Waals surface area contributed by atoms with Crippen LogP contribution in [0.1, 0.15) is 11.6 Å². The van der Waals surface area contributed by atoms with Crippen molar-refractivity contribution in [2.24, 2.45) is 0 Å². The van der Waals surface area contributed by atoms with Crippen LogP contribution in [-0.4, -0.2) is 44.1 Å². The van der Waals surface area contributed by atoms with Crippen LogP contribution < -0.4 is 15.6 Å². The molecule has 0 aliphatic heterocycles. The molecule has 1 aromatic heterocycles. The van der Waals surface area contributed by atoms with Crippen molar-refractivity contribution in [2.75, 3.05) is 39.9 Å². The lowest BCUT2D eigenvalue weighted by atomic mass is 10.2. The summed E-state index contributed by atoms with van der Waals surface area (Å²) in [5, 5.41) is 3.23. The Labute approximate surface area is 165 Å². The molecule has 0 amide bonds. The van der Waals surface area contributed by atoms with Gasteiger partial charge in [-0.05, 0) is 24.6 Å². The molecule has 9 heteroatoms. The van der Waals surface area contributed by atoms with Gasteiger partial charge >= 0.3 is 0 Å². The van der Waals surface area contributed by atoms with E-state index in [0.717, 1.165) is 10.0 Å². The molecule has 0 radical (unpaired) electrons. The molecule has 7 nitrogen and oxygen atoms in total. The molecule has 0 spiro atoms. The number of aromatic nitrogens is 2. The highest BCUT2D eigenvalue weighted by atomic mass is 79.9. The molecule has 1 heterocycles. The fraction of sp³-hybridized carbons (Fsp3) is 0.412. The molecular weight excluding hydrogens is 426 g/mol. The average Bonchev–Trinajstić information content (AvgIpc) is 2.59. The van der Waals surface area contributed by atoms with Gasteiger partial charge in [-0.1, -0.05) is 27.5 Å². The minimum atomic E-state index is -0.335. The van der Waals surface area contributed by atoms with Crippen molar-refractivity contribution in [3.05, 3.63) is 43.9 Å². The first kappa shape index (κ1) is 20.7. The number of nitrogens with one attached hydrogen (secondary N) is 1. The summed E-state index contributed by atoms with van der Waals surface area (Å²) in [6.07, 6.45) is 1.48. The summed E-state index contributed by atoms with van der Waals surface area (Å²) < 4.78 is 18.1. The largest absolute Gasteiger partial charge is 0.495 e. The molecule has 0 aliphatic carbocycles. The second-order valence-electron chi connectivity index (χ2n) is 5.61. The van der Waals surface area contributed by atoms with Gasteiger partial charge in [0.15, 0.2) is 5.82 Å². The molecule has 0 fully saturated rings. The molecule has 0 saturated carbocycles. The van der Waals surface area contributed by atoms with E-state index in [1.165, 1.54) is 10.8 Å². The fourth-order valence-corrected chi connectivity index (χ4v) is 3.32. The van der Waals surface area contributed by atoms with Crippen LogP contribution >= 0.6 is 27.5 Å². The summed E-state index contributed by atoms with van der Waals surface area (Å²) in [5.74, 6) is 0.674. The number of ether oxygens (including phenoxy) is 3. The Hall–Kier alpha value is -1.61. The highest BCUT2D eigenvalue weighted by Crippen LogP contribution is 2.33. The van der Waals surface area contributed by atoms with Gasteiger partial charge in [-0.15, -0.1) is 0 Å². The maximum Gasteiger partial charge on any atom is 0.294 e. The average molecular weight is 447 g/mol. The molecule has 1 aromatic carbocycles. The van der Waals surface area contributed by atoms with Crippen molar-refractivity contribution in [3.8, 4) is 5.75 Å². The third-order valence-electron chi connectivity index (χ3n) is 3.74. The van der Waals surface area contributed by atoms with Crippen molar-refractivity contribution in [2.45, 2.75) is 13.0 Å². The summed E-state index contributed by atoms with van der Waals surface area (Å²) in [7, 11) is 4.68. The third kappa shape index (κ3) is 4.76. The van der Waals surface area contributed by atoms with Crippen LogP contribution in [0.4, 0.5) is 11.5 Å². The van der Waals surface area contributed by atoms with E-state index in [2.05, 4.69) is 26.2 Å². The van der Waals surface area contributed by atoms with Crippen LogP contribution in [0.15, 0.2) is 27.6 Å². The topological polar surface area (TPSA) is 74.6 Å². The van der Waals surface area contributed by atoms with Gasteiger partial charge in [-0.25, -0.2) is 4.98 Å². The van der Waals surface area contributed by atoms with Gasteiger partial charge in [0.25, 0.3) is 5.56 Å². The van der Waals surface area contributed by atoms with Crippen LogP contribution in [0.3, 0.4) is 0 Å². The number of nitrogens with zero attached hydrogens (tertiary/aromatic N) is 2. The van der Waals surface area contributed by atoms with Crippen molar-refractivity contribution in [1.82, 2.24) is 9.55 Å². The molecule has 26 heavy (non-hydrogen) atoms. The summed E-state index contributed by atoms with van der Waals surface area (Å²) in [6.45, 7) is 2.50. The molecule has 0 atom stereocenters. The van der Waals surface area contributed by atoms with E-state index in [0.29, 0.717) is 24.7 Å². The molecule has 2 rings (SSSR count). The minimum Gasteiger partial charge on any atom is -0.495 e. The predicted molar refractivity (Wildman–Crippen MR) is 105 cm³/mol. The number of aryl methyl sites for hydroxylation is 1. The van der Waals surface area contributed by atoms with E-state index < -0.39 is 0 Å². The van der Waals surface area contributed by atoms with Gasteiger partial charge in [0.05, 0.1) is 32.1 Å². The van der Waals surface area contributed by atoms with E-state index in [1.807, 2.05) is 13.0 Å². The Morgan fingerprint density at radius 3 is 2.50 bits per heavy atom. The predicted octanol–water partition coefficient (Wildman–Crippen LogP) is 3.55. The maximum atomic E-state index is 12.9. The van der Waals surface area contributed by atoms with Crippen molar-refractivity contribution in [1.29, 1.82) is 0 Å². The Kier molecular flexibility index (Phi) is 7.45. The molecule has 1 N–H and O–H groups in total. The van der Waals surface area contributed by atoms with Gasteiger partial charge in [0.1, 0.15) is 10.9 Å². The van der Waals surface area contributed by atoms with Crippen LogP contribution in [0.25, 0.3) is 0 Å². The zero-order valence-corrected chi connectivity index (χ0v) is 17.3. The van der Waals surface area contributed by atoms with E-state index in [9.17, 15) is 4.79 Å².